The fourth-order valence-corrected chi connectivity index (χ4v) is 4.06. The molecule has 0 aliphatic carbocycles. The third-order valence-corrected chi connectivity index (χ3v) is 6.23. The second kappa shape index (κ2) is 11.8. The molecule has 2 aromatic carbocycles. The van der Waals surface area contributed by atoms with Crippen LogP contribution in [0.5, 0.6) is 23.5 Å². The van der Waals surface area contributed by atoms with Crippen LogP contribution >= 0.6 is 0 Å². The number of pyridine rings is 2. The Balaban J connectivity index is 1.53. The van der Waals surface area contributed by atoms with Crippen molar-refractivity contribution in [3.8, 4) is 46.8 Å². The predicted molar refractivity (Wildman–Crippen MR) is 141 cm³/mol. The predicted octanol–water partition coefficient (Wildman–Crippen LogP) is 5.68. The van der Waals surface area contributed by atoms with Crippen LogP contribution in [0.25, 0.3) is 11.1 Å². The average molecular weight is 507 g/mol. The van der Waals surface area contributed by atoms with Gasteiger partial charge in [0.1, 0.15) is 36.5 Å². The molecule has 0 bridgehead atoms. The Bertz CT molecular complexity index is 1440. The van der Waals surface area contributed by atoms with Gasteiger partial charge in [-0.25, -0.2) is 0 Å². The molecule has 8 heteroatoms. The summed E-state index contributed by atoms with van der Waals surface area (Å²) in [6.07, 6.45) is 0. The summed E-state index contributed by atoms with van der Waals surface area (Å²) in [6.45, 7) is 4.76. The molecule has 38 heavy (non-hydrogen) atoms. The maximum absolute atomic E-state index is 9.16. The molecule has 0 spiro atoms. The van der Waals surface area contributed by atoms with Crippen LogP contribution in [0.1, 0.15) is 33.4 Å². The van der Waals surface area contributed by atoms with Gasteiger partial charge in [0, 0.05) is 12.1 Å². The van der Waals surface area contributed by atoms with E-state index in [2.05, 4.69) is 35.9 Å². The number of aromatic nitrogens is 2. The van der Waals surface area contributed by atoms with Gasteiger partial charge < -0.3 is 18.9 Å². The van der Waals surface area contributed by atoms with E-state index in [0.717, 1.165) is 33.4 Å². The number of ether oxygens (including phenoxy) is 4. The molecule has 0 radical (unpaired) electrons. The second-order valence-electron chi connectivity index (χ2n) is 8.39. The van der Waals surface area contributed by atoms with Crippen molar-refractivity contribution in [2.24, 2.45) is 0 Å². The number of benzene rings is 2. The highest BCUT2D eigenvalue weighted by molar-refractivity contribution is 5.72. The largest absolute Gasteiger partial charge is 0.480 e. The summed E-state index contributed by atoms with van der Waals surface area (Å²) in [5.41, 5.74) is 7.10. The Labute approximate surface area is 221 Å². The van der Waals surface area contributed by atoms with Gasteiger partial charge in [-0.05, 0) is 59.4 Å². The van der Waals surface area contributed by atoms with E-state index in [4.69, 9.17) is 29.5 Å². The molecule has 0 atom stereocenters. The van der Waals surface area contributed by atoms with Crippen LogP contribution in [-0.2, 0) is 13.2 Å². The SMILES string of the molecule is COc1nc(OCc2cccc(-c3cccc(COc4ccc(C#N)c(OC)n4)c3C)c2C)ccc1C#N. The van der Waals surface area contributed by atoms with Crippen LogP contribution in [0, 0.1) is 36.5 Å². The zero-order valence-corrected chi connectivity index (χ0v) is 21.6. The zero-order valence-electron chi connectivity index (χ0n) is 21.6. The Hall–Kier alpha value is -5.08. The van der Waals surface area contributed by atoms with Crippen LogP contribution in [0.15, 0.2) is 60.7 Å². The van der Waals surface area contributed by atoms with E-state index < -0.39 is 0 Å². The van der Waals surface area contributed by atoms with E-state index in [1.165, 1.54) is 14.2 Å². The van der Waals surface area contributed by atoms with Crippen molar-refractivity contribution in [3.05, 3.63) is 94.0 Å². The van der Waals surface area contributed by atoms with Crippen molar-refractivity contribution in [1.29, 1.82) is 10.5 Å². The van der Waals surface area contributed by atoms with Gasteiger partial charge in [0.05, 0.1) is 14.2 Å². The van der Waals surface area contributed by atoms with Gasteiger partial charge in [-0.2, -0.15) is 20.5 Å². The lowest BCUT2D eigenvalue weighted by Gasteiger charge is -2.17. The van der Waals surface area contributed by atoms with Crippen LogP contribution in [0.3, 0.4) is 0 Å². The molecule has 4 aromatic rings. The van der Waals surface area contributed by atoms with Crippen LogP contribution in [0.2, 0.25) is 0 Å². The van der Waals surface area contributed by atoms with E-state index in [1.807, 2.05) is 36.4 Å². The number of nitrogens with zero attached hydrogens (tertiary/aromatic N) is 4. The molecule has 190 valence electrons. The number of rotatable bonds is 9. The van der Waals surface area contributed by atoms with Crippen molar-refractivity contribution < 1.29 is 18.9 Å². The lowest BCUT2D eigenvalue weighted by molar-refractivity contribution is 0.286. The molecule has 4 rings (SSSR count). The van der Waals surface area contributed by atoms with Crippen molar-refractivity contribution in [2.45, 2.75) is 27.1 Å². The average Bonchev–Trinajstić information content (AvgIpc) is 2.95. The third kappa shape index (κ3) is 5.50. The van der Waals surface area contributed by atoms with Gasteiger partial charge in [0.25, 0.3) is 0 Å². The van der Waals surface area contributed by atoms with Crippen molar-refractivity contribution in [1.82, 2.24) is 9.97 Å². The van der Waals surface area contributed by atoms with E-state index in [-0.39, 0.29) is 11.8 Å². The minimum Gasteiger partial charge on any atom is -0.480 e. The fourth-order valence-electron chi connectivity index (χ4n) is 4.06. The lowest BCUT2D eigenvalue weighted by Crippen LogP contribution is -2.04. The molecule has 0 aliphatic heterocycles. The molecule has 2 heterocycles. The summed E-state index contributed by atoms with van der Waals surface area (Å²) < 4.78 is 22.2. The smallest absolute Gasteiger partial charge is 0.234 e. The van der Waals surface area contributed by atoms with Gasteiger partial charge in [-0.15, -0.1) is 0 Å². The van der Waals surface area contributed by atoms with Crippen LogP contribution in [-0.4, -0.2) is 24.2 Å². The summed E-state index contributed by atoms with van der Waals surface area (Å²) in [5.74, 6) is 1.24. The Morgan fingerprint density at radius 2 is 1.05 bits per heavy atom. The standard InChI is InChI=1S/C30H26N4O4/c1-19-23(17-37-27-13-11-21(15-31)29(33-27)35-3)7-5-9-25(19)26-10-6-8-24(20(26)2)18-38-28-14-12-22(16-32)30(34-28)36-4/h5-14H,17-18H2,1-4H3. The van der Waals surface area contributed by atoms with Crippen molar-refractivity contribution >= 4 is 0 Å². The lowest BCUT2D eigenvalue weighted by atomic mass is 9.92. The maximum Gasteiger partial charge on any atom is 0.234 e. The minimum absolute atomic E-state index is 0.236. The maximum atomic E-state index is 9.16. The molecule has 0 N–H and O–H groups in total. The summed E-state index contributed by atoms with van der Waals surface area (Å²) in [6, 6.07) is 22.9. The number of hydrogen-bond donors (Lipinski definition) is 0. The summed E-state index contributed by atoms with van der Waals surface area (Å²) >= 11 is 0. The summed E-state index contributed by atoms with van der Waals surface area (Å²) in [4.78, 5) is 8.54. The first-order chi connectivity index (χ1) is 18.5. The van der Waals surface area contributed by atoms with Crippen LogP contribution in [0.4, 0.5) is 0 Å². The normalized spacial score (nSPS) is 10.3. The monoisotopic (exact) mass is 506 g/mol. The van der Waals surface area contributed by atoms with Gasteiger partial charge in [-0.1, -0.05) is 36.4 Å². The Kier molecular flexibility index (Phi) is 8.05. The minimum atomic E-state index is 0.236. The highest BCUT2D eigenvalue weighted by Gasteiger charge is 2.13. The third-order valence-electron chi connectivity index (χ3n) is 6.23. The van der Waals surface area contributed by atoms with E-state index in [0.29, 0.717) is 36.1 Å². The number of methoxy groups -OCH3 is 2. The molecule has 0 amide bonds. The molecule has 0 saturated heterocycles. The molecule has 2 aromatic heterocycles. The van der Waals surface area contributed by atoms with Crippen LogP contribution < -0.4 is 18.9 Å². The second-order valence-corrected chi connectivity index (χ2v) is 8.39. The van der Waals surface area contributed by atoms with E-state index in [9.17, 15) is 0 Å². The van der Waals surface area contributed by atoms with Gasteiger partial charge in [0.15, 0.2) is 0 Å². The number of hydrogen-bond acceptors (Lipinski definition) is 8. The summed E-state index contributed by atoms with van der Waals surface area (Å²) in [7, 11) is 2.94. The highest BCUT2D eigenvalue weighted by atomic mass is 16.5. The quantitative estimate of drug-likeness (QED) is 0.285. The van der Waals surface area contributed by atoms with E-state index in [1.54, 1.807) is 24.3 Å². The molecular weight excluding hydrogens is 480 g/mol. The Morgan fingerprint density at radius 3 is 1.42 bits per heavy atom. The molecule has 0 saturated carbocycles. The van der Waals surface area contributed by atoms with Crippen molar-refractivity contribution in [2.75, 3.05) is 14.2 Å². The first-order valence-corrected chi connectivity index (χ1v) is 11.8. The molecule has 0 fully saturated rings. The molecule has 0 aliphatic rings. The topological polar surface area (TPSA) is 110 Å². The highest BCUT2D eigenvalue weighted by Crippen LogP contribution is 2.31. The van der Waals surface area contributed by atoms with Gasteiger partial charge >= 0.3 is 0 Å². The molecular formula is C30H26N4O4. The molecule has 8 nitrogen and oxygen atoms in total. The molecule has 0 unspecified atom stereocenters. The van der Waals surface area contributed by atoms with Crippen molar-refractivity contribution in [3.63, 3.8) is 0 Å². The first-order valence-electron chi connectivity index (χ1n) is 11.8. The van der Waals surface area contributed by atoms with E-state index >= 15 is 0 Å². The number of nitriles is 2. The fraction of sp³-hybridized carbons (Fsp3) is 0.200. The van der Waals surface area contributed by atoms with Gasteiger partial charge in [0.2, 0.25) is 23.5 Å². The Morgan fingerprint density at radius 1 is 0.632 bits per heavy atom. The first kappa shape index (κ1) is 26.0. The zero-order chi connectivity index (χ0) is 27.1. The van der Waals surface area contributed by atoms with Gasteiger partial charge in [-0.3, -0.25) is 0 Å². The summed E-state index contributed by atoms with van der Waals surface area (Å²) in [5, 5.41) is 18.3.